The summed E-state index contributed by atoms with van der Waals surface area (Å²) >= 11 is 0.671. The van der Waals surface area contributed by atoms with Gasteiger partial charge in [0.25, 0.3) is 17.1 Å². The molecule has 0 radical (unpaired) electrons. The lowest BCUT2D eigenvalue weighted by Crippen LogP contribution is -2.40. The number of halogens is 3. The van der Waals surface area contributed by atoms with E-state index < -0.39 is 29.4 Å². The van der Waals surface area contributed by atoms with E-state index in [1.54, 1.807) is 29.2 Å². The first kappa shape index (κ1) is 23.1. The molecule has 0 aromatic heterocycles. The molecule has 2 aliphatic heterocycles. The van der Waals surface area contributed by atoms with Crippen molar-refractivity contribution >= 4 is 34.9 Å². The van der Waals surface area contributed by atoms with Gasteiger partial charge < -0.3 is 9.64 Å². The van der Waals surface area contributed by atoms with Crippen molar-refractivity contribution in [3.05, 3.63) is 75.7 Å². The molecule has 2 aromatic carbocycles. The van der Waals surface area contributed by atoms with Crippen LogP contribution in [0.15, 0.2) is 53.4 Å². The van der Waals surface area contributed by atoms with E-state index in [0.29, 0.717) is 49.2 Å². The number of morpholine rings is 1. The number of hydrogen-bond donors (Lipinski definition) is 0. The minimum atomic E-state index is -4.59. The maximum Gasteiger partial charge on any atom is 0.416 e. The summed E-state index contributed by atoms with van der Waals surface area (Å²) in [6.45, 7) is 1.56. The van der Waals surface area contributed by atoms with Crippen molar-refractivity contribution in [2.75, 3.05) is 26.3 Å². The SMILES string of the molecule is O=C(c1ccc(C=C2SC(=O)N(Cc3ccccc3C(F)(F)F)C2=O)cc1)N1CCOCC1. The van der Waals surface area contributed by atoms with Crippen LogP contribution in [0.3, 0.4) is 0 Å². The molecule has 3 amide bonds. The molecule has 2 aromatic rings. The Morgan fingerprint density at radius 1 is 1.03 bits per heavy atom. The molecule has 2 aliphatic rings. The van der Waals surface area contributed by atoms with Gasteiger partial charge in [-0.3, -0.25) is 19.3 Å². The summed E-state index contributed by atoms with van der Waals surface area (Å²) in [5, 5.41) is -0.637. The largest absolute Gasteiger partial charge is 0.416 e. The number of nitrogens with zero attached hydrogens (tertiary/aromatic N) is 2. The molecule has 2 saturated heterocycles. The van der Waals surface area contributed by atoms with Crippen LogP contribution < -0.4 is 0 Å². The fourth-order valence-electron chi connectivity index (χ4n) is 3.56. The lowest BCUT2D eigenvalue weighted by atomic mass is 10.1. The predicted octanol–water partition coefficient (Wildman–Crippen LogP) is 4.41. The Kier molecular flexibility index (Phi) is 6.57. The van der Waals surface area contributed by atoms with Crippen molar-refractivity contribution in [1.29, 1.82) is 0 Å². The summed E-state index contributed by atoms with van der Waals surface area (Å²) in [5.41, 5.74) is 0.0497. The monoisotopic (exact) mass is 476 g/mol. The van der Waals surface area contributed by atoms with Crippen LogP contribution in [0.1, 0.15) is 27.0 Å². The quantitative estimate of drug-likeness (QED) is 0.612. The summed E-state index contributed by atoms with van der Waals surface area (Å²) in [6, 6.07) is 11.4. The highest BCUT2D eigenvalue weighted by Gasteiger charge is 2.38. The second kappa shape index (κ2) is 9.40. The second-order valence-corrected chi connectivity index (χ2v) is 8.44. The van der Waals surface area contributed by atoms with Crippen LogP contribution >= 0.6 is 11.8 Å². The number of benzene rings is 2. The highest BCUT2D eigenvalue weighted by molar-refractivity contribution is 8.18. The van der Waals surface area contributed by atoms with Gasteiger partial charge in [-0.05, 0) is 47.2 Å². The highest BCUT2D eigenvalue weighted by Crippen LogP contribution is 2.36. The Balaban J connectivity index is 1.49. The van der Waals surface area contributed by atoms with Gasteiger partial charge >= 0.3 is 6.18 Å². The van der Waals surface area contributed by atoms with Crippen LogP contribution in [-0.2, 0) is 22.3 Å². The molecule has 4 rings (SSSR count). The van der Waals surface area contributed by atoms with Gasteiger partial charge in [-0.25, -0.2) is 0 Å². The maximum atomic E-state index is 13.3. The smallest absolute Gasteiger partial charge is 0.378 e. The summed E-state index contributed by atoms with van der Waals surface area (Å²) in [5.74, 6) is -0.774. The third-order valence-electron chi connectivity index (χ3n) is 5.28. The molecule has 172 valence electrons. The zero-order valence-electron chi connectivity index (χ0n) is 17.3. The van der Waals surface area contributed by atoms with Gasteiger partial charge in [-0.2, -0.15) is 13.2 Å². The van der Waals surface area contributed by atoms with Crippen LogP contribution in [0.2, 0.25) is 0 Å². The first-order chi connectivity index (χ1) is 15.7. The van der Waals surface area contributed by atoms with Crippen molar-refractivity contribution in [3.8, 4) is 0 Å². The third-order valence-corrected chi connectivity index (χ3v) is 6.19. The summed E-state index contributed by atoms with van der Waals surface area (Å²) in [4.78, 5) is 40.2. The fraction of sp³-hybridized carbons (Fsp3) is 0.261. The number of amides is 3. The van der Waals surface area contributed by atoms with Gasteiger partial charge in [-0.15, -0.1) is 0 Å². The molecule has 0 spiro atoms. The van der Waals surface area contributed by atoms with E-state index in [9.17, 15) is 27.6 Å². The van der Waals surface area contributed by atoms with Crippen LogP contribution in [0.25, 0.3) is 6.08 Å². The van der Waals surface area contributed by atoms with Crippen molar-refractivity contribution in [1.82, 2.24) is 9.80 Å². The molecule has 0 N–H and O–H groups in total. The molecular formula is C23H19F3N2O4S. The normalized spacial score (nSPS) is 18.3. The van der Waals surface area contributed by atoms with E-state index >= 15 is 0 Å². The fourth-order valence-corrected chi connectivity index (χ4v) is 4.40. The Morgan fingerprint density at radius 3 is 2.36 bits per heavy atom. The summed E-state index contributed by atoms with van der Waals surface area (Å²) < 4.78 is 45.0. The lowest BCUT2D eigenvalue weighted by Gasteiger charge is -2.26. The molecule has 10 heteroatoms. The number of ether oxygens (including phenoxy) is 1. The van der Waals surface area contributed by atoms with Gasteiger partial charge in [0.1, 0.15) is 0 Å². The van der Waals surface area contributed by atoms with E-state index in [-0.39, 0.29) is 16.4 Å². The van der Waals surface area contributed by atoms with E-state index in [1.165, 1.54) is 24.3 Å². The molecule has 33 heavy (non-hydrogen) atoms. The average Bonchev–Trinajstić information content (AvgIpc) is 3.06. The second-order valence-electron chi connectivity index (χ2n) is 7.45. The minimum Gasteiger partial charge on any atom is -0.378 e. The Morgan fingerprint density at radius 2 is 1.70 bits per heavy atom. The topological polar surface area (TPSA) is 66.9 Å². The van der Waals surface area contributed by atoms with Gasteiger partial charge in [0.05, 0.1) is 30.2 Å². The highest BCUT2D eigenvalue weighted by atomic mass is 32.2. The number of thioether (sulfide) groups is 1. The van der Waals surface area contributed by atoms with E-state index in [2.05, 4.69) is 0 Å². The van der Waals surface area contributed by atoms with Crippen molar-refractivity contribution in [3.63, 3.8) is 0 Å². The predicted molar refractivity (Wildman–Crippen MR) is 116 cm³/mol. The van der Waals surface area contributed by atoms with Gasteiger partial charge in [-0.1, -0.05) is 30.3 Å². The van der Waals surface area contributed by atoms with Gasteiger partial charge in [0, 0.05) is 18.7 Å². The van der Waals surface area contributed by atoms with Crippen LogP contribution in [0.5, 0.6) is 0 Å². The van der Waals surface area contributed by atoms with Gasteiger partial charge in [0.15, 0.2) is 0 Å². The number of rotatable bonds is 4. The van der Waals surface area contributed by atoms with Gasteiger partial charge in [0.2, 0.25) is 0 Å². The average molecular weight is 476 g/mol. The van der Waals surface area contributed by atoms with Crippen molar-refractivity contribution < 1.29 is 32.3 Å². The molecule has 2 heterocycles. The third kappa shape index (κ3) is 5.12. The molecule has 0 aliphatic carbocycles. The molecule has 0 unspecified atom stereocenters. The Bertz CT molecular complexity index is 1110. The molecule has 0 bridgehead atoms. The summed E-state index contributed by atoms with van der Waals surface area (Å²) in [7, 11) is 0. The molecular weight excluding hydrogens is 457 g/mol. The van der Waals surface area contributed by atoms with E-state index in [4.69, 9.17) is 4.74 Å². The first-order valence-corrected chi connectivity index (χ1v) is 10.9. The molecule has 2 fully saturated rings. The number of carbonyl (C=O) groups is 3. The Hall–Kier alpha value is -3.11. The van der Waals surface area contributed by atoms with Crippen LogP contribution in [-0.4, -0.2) is 53.2 Å². The van der Waals surface area contributed by atoms with E-state index in [1.807, 2.05) is 0 Å². The Labute approximate surface area is 192 Å². The number of alkyl halides is 3. The zero-order chi connectivity index (χ0) is 23.6. The number of imide groups is 1. The van der Waals surface area contributed by atoms with Crippen molar-refractivity contribution in [2.24, 2.45) is 0 Å². The zero-order valence-corrected chi connectivity index (χ0v) is 18.1. The first-order valence-electron chi connectivity index (χ1n) is 10.1. The molecule has 6 nitrogen and oxygen atoms in total. The molecule has 0 saturated carbocycles. The molecule has 0 atom stereocenters. The van der Waals surface area contributed by atoms with Crippen molar-refractivity contribution in [2.45, 2.75) is 12.7 Å². The van der Waals surface area contributed by atoms with E-state index in [0.717, 1.165) is 11.0 Å². The van der Waals surface area contributed by atoms with Crippen LogP contribution in [0, 0.1) is 0 Å². The standard InChI is InChI=1S/C23H19F3N2O4S/c24-23(25,26)18-4-2-1-3-17(18)14-28-21(30)19(33-22(28)31)13-15-5-7-16(8-6-15)20(29)27-9-11-32-12-10-27/h1-8,13H,9-12,14H2. The minimum absolute atomic E-state index is 0.108. The summed E-state index contributed by atoms with van der Waals surface area (Å²) in [6.07, 6.45) is -3.10. The maximum absolute atomic E-state index is 13.3. The van der Waals surface area contributed by atoms with Crippen LogP contribution in [0.4, 0.5) is 18.0 Å². The number of hydrogen-bond acceptors (Lipinski definition) is 5. The number of carbonyl (C=O) groups excluding carboxylic acids is 3. The lowest BCUT2D eigenvalue weighted by molar-refractivity contribution is -0.139.